The summed E-state index contributed by atoms with van der Waals surface area (Å²) in [5, 5.41) is 5.57. The molecule has 0 heterocycles. The van der Waals surface area contributed by atoms with Gasteiger partial charge >= 0.3 is 0 Å². The standard InChI is InChI=1S/C15H21N3O2/c1-9(2)17-14(19)11-6-12(8-13(7-11)16-5)15(20)18-10(3)4/h6-10H,5H2,1-4H3,(H,17,19)(H,18,20). The monoisotopic (exact) mass is 275 g/mol. The fourth-order valence-electron chi connectivity index (χ4n) is 1.66. The molecule has 108 valence electrons. The molecule has 0 saturated carbocycles. The van der Waals surface area contributed by atoms with Crippen molar-refractivity contribution in [1.29, 1.82) is 0 Å². The second-order valence-electron chi connectivity index (χ2n) is 5.18. The highest BCUT2D eigenvalue weighted by atomic mass is 16.2. The van der Waals surface area contributed by atoms with Gasteiger partial charge < -0.3 is 10.6 Å². The number of hydrogen-bond acceptors (Lipinski definition) is 3. The first-order valence-corrected chi connectivity index (χ1v) is 6.57. The Morgan fingerprint density at radius 1 is 0.950 bits per heavy atom. The fourth-order valence-corrected chi connectivity index (χ4v) is 1.66. The van der Waals surface area contributed by atoms with Gasteiger partial charge in [-0.25, -0.2) is 0 Å². The number of hydrogen-bond donors (Lipinski definition) is 2. The van der Waals surface area contributed by atoms with Crippen LogP contribution in [0.1, 0.15) is 48.4 Å². The van der Waals surface area contributed by atoms with Crippen molar-refractivity contribution in [3.63, 3.8) is 0 Å². The summed E-state index contributed by atoms with van der Waals surface area (Å²) in [6.45, 7) is 10.9. The molecule has 5 nitrogen and oxygen atoms in total. The van der Waals surface area contributed by atoms with Crippen LogP contribution >= 0.6 is 0 Å². The first-order chi connectivity index (χ1) is 9.33. The molecule has 0 radical (unpaired) electrons. The highest BCUT2D eigenvalue weighted by Crippen LogP contribution is 2.18. The molecular formula is C15H21N3O2. The summed E-state index contributed by atoms with van der Waals surface area (Å²) in [5.74, 6) is -0.465. The molecule has 0 unspecified atom stereocenters. The van der Waals surface area contributed by atoms with Gasteiger partial charge in [-0.1, -0.05) is 0 Å². The lowest BCUT2D eigenvalue weighted by molar-refractivity contribution is 0.0942. The number of carbonyl (C=O) groups excluding carboxylic acids is 2. The molecule has 2 N–H and O–H groups in total. The zero-order chi connectivity index (χ0) is 15.3. The molecule has 0 spiro atoms. The third kappa shape index (κ3) is 4.50. The average Bonchev–Trinajstić information content (AvgIpc) is 2.36. The molecule has 0 fully saturated rings. The van der Waals surface area contributed by atoms with Crippen molar-refractivity contribution in [2.24, 2.45) is 4.99 Å². The minimum Gasteiger partial charge on any atom is -0.350 e. The fraction of sp³-hybridized carbons (Fsp3) is 0.400. The van der Waals surface area contributed by atoms with E-state index in [1.807, 2.05) is 27.7 Å². The smallest absolute Gasteiger partial charge is 0.251 e. The second kappa shape index (κ2) is 6.84. The number of aliphatic imine (C=N–C) groups is 1. The van der Waals surface area contributed by atoms with Gasteiger partial charge in [0.2, 0.25) is 0 Å². The van der Waals surface area contributed by atoms with Gasteiger partial charge in [-0.2, -0.15) is 0 Å². The van der Waals surface area contributed by atoms with Crippen LogP contribution in [0.4, 0.5) is 5.69 Å². The minimum absolute atomic E-state index is 0.0239. The summed E-state index contributed by atoms with van der Waals surface area (Å²) in [4.78, 5) is 27.8. The van der Waals surface area contributed by atoms with Crippen LogP contribution in [-0.4, -0.2) is 30.6 Å². The lowest BCUT2D eigenvalue weighted by Crippen LogP contribution is -2.32. The van der Waals surface area contributed by atoms with E-state index in [1.54, 1.807) is 18.2 Å². The quantitative estimate of drug-likeness (QED) is 0.809. The molecule has 0 bridgehead atoms. The van der Waals surface area contributed by atoms with Crippen molar-refractivity contribution >= 4 is 24.2 Å². The van der Waals surface area contributed by atoms with Gasteiger partial charge in [-0.15, -0.1) is 0 Å². The predicted octanol–water partition coefficient (Wildman–Crippen LogP) is 2.30. The molecular weight excluding hydrogens is 254 g/mol. The maximum atomic E-state index is 12.0. The van der Waals surface area contributed by atoms with Crippen LogP contribution in [0.25, 0.3) is 0 Å². The largest absolute Gasteiger partial charge is 0.350 e. The summed E-state index contributed by atoms with van der Waals surface area (Å²) in [6, 6.07) is 4.82. The van der Waals surface area contributed by atoms with Crippen molar-refractivity contribution in [2.45, 2.75) is 39.8 Å². The molecule has 0 saturated heterocycles. The number of amides is 2. The van der Waals surface area contributed by atoms with Gasteiger partial charge in [-0.05, 0) is 52.6 Å². The third-order valence-corrected chi connectivity index (χ3v) is 2.46. The zero-order valence-electron chi connectivity index (χ0n) is 12.4. The first-order valence-electron chi connectivity index (χ1n) is 6.57. The van der Waals surface area contributed by atoms with Crippen LogP contribution in [0.2, 0.25) is 0 Å². The SMILES string of the molecule is C=Nc1cc(C(=O)NC(C)C)cc(C(=O)NC(C)C)c1. The van der Waals surface area contributed by atoms with E-state index in [0.29, 0.717) is 16.8 Å². The molecule has 1 rings (SSSR count). The lowest BCUT2D eigenvalue weighted by Gasteiger charge is -2.12. The van der Waals surface area contributed by atoms with E-state index in [0.717, 1.165) is 0 Å². The van der Waals surface area contributed by atoms with E-state index in [2.05, 4.69) is 22.3 Å². The van der Waals surface area contributed by atoms with Gasteiger partial charge in [0.25, 0.3) is 11.8 Å². The van der Waals surface area contributed by atoms with E-state index in [-0.39, 0.29) is 23.9 Å². The van der Waals surface area contributed by atoms with Crippen LogP contribution < -0.4 is 10.6 Å². The minimum atomic E-state index is -0.232. The van der Waals surface area contributed by atoms with Crippen LogP contribution in [0.5, 0.6) is 0 Å². The Morgan fingerprint density at radius 3 is 1.65 bits per heavy atom. The van der Waals surface area contributed by atoms with Gasteiger partial charge in [-0.3, -0.25) is 14.6 Å². The molecule has 0 aliphatic heterocycles. The molecule has 0 atom stereocenters. The van der Waals surface area contributed by atoms with Gasteiger partial charge in [0, 0.05) is 23.2 Å². The van der Waals surface area contributed by atoms with E-state index in [1.165, 1.54) is 0 Å². The van der Waals surface area contributed by atoms with Crippen LogP contribution in [0.3, 0.4) is 0 Å². The Labute approximate surface area is 119 Å². The van der Waals surface area contributed by atoms with Gasteiger partial charge in [0.15, 0.2) is 0 Å². The number of rotatable bonds is 5. The van der Waals surface area contributed by atoms with Crippen LogP contribution in [-0.2, 0) is 0 Å². The zero-order valence-corrected chi connectivity index (χ0v) is 12.4. The van der Waals surface area contributed by atoms with Gasteiger partial charge in [0.05, 0.1) is 5.69 Å². The summed E-state index contributed by atoms with van der Waals surface area (Å²) in [5.41, 5.74) is 1.30. The summed E-state index contributed by atoms with van der Waals surface area (Å²) < 4.78 is 0. The van der Waals surface area contributed by atoms with Crippen molar-refractivity contribution in [3.05, 3.63) is 29.3 Å². The van der Waals surface area contributed by atoms with Gasteiger partial charge in [0.1, 0.15) is 0 Å². The highest BCUT2D eigenvalue weighted by Gasteiger charge is 2.14. The number of nitrogens with zero attached hydrogens (tertiary/aromatic N) is 1. The Morgan fingerprint density at radius 2 is 1.35 bits per heavy atom. The van der Waals surface area contributed by atoms with Crippen LogP contribution in [0, 0.1) is 0 Å². The van der Waals surface area contributed by atoms with Crippen molar-refractivity contribution in [3.8, 4) is 0 Å². The number of nitrogens with one attached hydrogen (secondary N) is 2. The van der Waals surface area contributed by atoms with E-state index in [9.17, 15) is 9.59 Å². The molecule has 0 aliphatic carbocycles. The Hall–Kier alpha value is -2.17. The summed E-state index contributed by atoms with van der Waals surface area (Å²) >= 11 is 0. The molecule has 1 aromatic carbocycles. The topological polar surface area (TPSA) is 70.6 Å². The maximum absolute atomic E-state index is 12.0. The normalized spacial score (nSPS) is 10.5. The van der Waals surface area contributed by atoms with E-state index >= 15 is 0 Å². The van der Waals surface area contributed by atoms with Crippen molar-refractivity contribution in [2.75, 3.05) is 0 Å². The molecule has 1 aromatic rings. The average molecular weight is 275 g/mol. The predicted molar refractivity (Wildman–Crippen MR) is 80.9 cm³/mol. The summed E-state index contributed by atoms with van der Waals surface area (Å²) in [6.07, 6.45) is 0. The second-order valence-corrected chi connectivity index (χ2v) is 5.18. The Balaban J connectivity index is 3.11. The third-order valence-electron chi connectivity index (χ3n) is 2.46. The maximum Gasteiger partial charge on any atom is 0.251 e. The van der Waals surface area contributed by atoms with Crippen molar-refractivity contribution in [1.82, 2.24) is 10.6 Å². The Kier molecular flexibility index (Phi) is 5.43. The molecule has 5 heteroatoms. The molecule has 2 amide bonds. The molecule has 20 heavy (non-hydrogen) atoms. The molecule has 0 aromatic heterocycles. The number of carbonyl (C=O) groups is 2. The van der Waals surface area contributed by atoms with Crippen molar-refractivity contribution < 1.29 is 9.59 Å². The van der Waals surface area contributed by atoms with Crippen LogP contribution in [0.15, 0.2) is 23.2 Å². The van der Waals surface area contributed by atoms with E-state index in [4.69, 9.17) is 0 Å². The Bertz CT molecular complexity index is 482. The molecule has 0 aliphatic rings. The number of benzene rings is 1. The first kappa shape index (κ1) is 15.9. The summed E-state index contributed by atoms with van der Waals surface area (Å²) in [7, 11) is 0. The lowest BCUT2D eigenvalue weighted by atomic mass is 10.1. The highest BCUT2D eigenvalue weighted by molar-refractivity contribution is 6.01. The van der Waals surface area contributed by atoms with E-state index < -0.39 is 0 Å².